The molecule has 1 aromatic rings. The number of nitrogens with two attached hydrogens (primary N) is 1. The second kappa shape index (κ2) is 7.00. The smallest absolute Gasteiger partial charge is 0.254 e. The molecule has 0 radical (unpaired) electrons. The number of rotatable bonds is 3. The standard InChI is InChI=1S/C18H23FN2O4/c1-24-14-4-3-12(11-13(14)19)17(23)21-8-2-5-18(15(21)16(20)22)6-9-25-10-7-18/h3-4,11,15H,2,5-10H2,1H3,(H2,20,22). The van der Waals surface area contributed by atoms with Crippen LogP contribution in [0.2, 0.25) is 0 Å². The van der Waals surface area contributed by atoms with Gasteiger partial charge < -0.3 is 20.1 Å². The number of hydrogen-bond donors (Lipinski definition) is 1. The number of carbonyl (C=O) groups excluding carboxylic acids is 2. The van der Waals surface area contributed by atoms with E-state index in [4.69, 9.17) is 15.2 Å². The number of ether oxygens (including phenoxy) is 2. The van der Waals surface area contributed by atoms with Crippen LogP contribution >= 0.6 is 0 Å². The van der Waals surface area contributed by atoms with E-state index < -0.39 is 17.8 Å². The number of hydrogen-bond acceptors (Lipinski definition) is 4. The van der Waals surface area contributed by atoms with Gasteiger partial charge in [0.15, 0.2) is 11.6 Å². The number of piperidine rings is 1. The van der Waals surface area contributed by atoms with Gasteiger partial charge >= 0.3 is 0 Å². The maximum Gasteiger partial charge on any atom is 0.254 e. The Morgan fingerprint density at radius 2 is 2.04 bits per heavy atom. The van der Waals surface area contributed by atoms with Crippen LogP contribution in [0, 0.1) is 11.2 Å². The lowest BCUT2D eigenvalue weighted by Gasteiger charge is -2.50. The van der Waals surface area contributed by atoms with Crippen LogP contribution in [0.4, 0.5) is 4.39 Å². The van der Waals surface area contributed by atoms with E-state index in [0.717, 1.165) is 18.9 Å². The predicted molar refractivity (Wildman–Crippen MR) is 88.7 cm³/mol. The van der Waals surface area contributed by atoms with Gasteiger partial charge in [-0.15, -0.1) is 0 Å². The second-order valence-corrected chi connectivity index (χ2v) is 6.73. The van der Waals surface area contributed by atoms with E-state index in [1.54, 1.807) is 0 Å². The monoisotopic (exact) mass is 350 g/mol. The average molecular weight is 350 g/mol. The molecule has 7 heteroatoms. The summed E-state index contributed by atoms with van der Waals surface area (Å²) < 4.78 is 24.3. The first-order chi connectivity index (χ1) is 12.0. The lowest BCUT2D eigenvalue weighted by molar-refractivity contribution is -0.134. The van der Waals surface area contributed by atoms with Crippen LogP contribution in [0.15, 0.2) is 18.2 Å². The molecule has 0 saturated carbocycles. The number of amides is 2. The Morgan fingerprint density at radius 1 is 1.32 bits per heavy atom. The van der Waals surface area contributed by atoms with Crippen LogP contribution in [0.3, 0.4) is 0 Å². The number of likely N-dealkylation sites (tertiary alicyclic amines) is 1. The fourth-order valence-corrected chi connectivity index (χ4v) is 4.14. The zero-order chi connectivity index (χ0) is 18.0. The Morgan fingerprint density at radius 3 is 2.64 bits per heavy atom. The van der Waals surface area contributed by atoms with Crippen molar-refractivity contribution < 1.29 is 23.5 Å². The van der Waals surface area contributed by atoms with Gasteiger partial charge in [0, 0.05) is 30.7 Å². The molecule has 1 spiro atoms. The molecule has 2 N–H and O–H groups in total. The summed E-state index contributed by atoms with van der Waals surface area (Å²) in [5, 5.41) is 0. The molecule has 25 heavy (non-hydrogen) atoms. The molecule has 0 bridgehead atoms. The highest BCUT2D eigenvalue weighted by atomic mass is 19.1. The summed E-state index contributed by atoms with van der Waals surface area (Å²) in [6.07, 6.45) is 3.02. The lowest BCUT2D eigenvalue weighted by Crippen LogP contribution is -2.61. The van der Waals surface area contributed by atoms with Gasteiger partial charge in [0.2, 0.25) is 5.91 Å². The Labute approximate surface area is 146 Å². The number of halogens is 1. The van der Waals surface area contributed by atoms with Crippen molar-refractivity contribution in [3.8, 4) is 5.75 Å². The average Bonchev–Trinajstić information content (AvgIpc) is 2.61. The van der Waals surface area contributed by atoms with Crippen molar-refractivity contribution in [1.82, 2.24) is 4.90 Å². The van der Waals surface area contributed by atoms with E-state index in [9.17, 15) is 14.0 Å². The fourth-order valence-electron chi connectivity index (χ4n) is 4.14. The summed E-state index contributed by atoms with van der Waals surface area (Å²) in [4.78, 5) is 26.7. The first-order valence-electron chi connectivity index (χ1n) is 8.50. The summed E-state index contributed by atoms with van der Waals surface area (Å²) in [6, 6.07) is 3.37. The lowest BCUT2D eigenvalue weighted by atomic mass is 9.67. The highest BCUT2D eigenvalue weighted by molar-refractivity contribution is 5.98. The van der Waals surface area contributed by atoms with Crippen LogP contribution in [0.1, 0.15) is 36.0 Å². The summed E-state index contributed by atoms with van der Waals surface area (Å²) in [5.41, 5.74) is 5.53. The van der Waals surface area contributed by atoms with Gasteiger partial charge in [-0.2, -0.15) is 0 Å². The molecule has 1 unspecified atom stereocenters. The Balaban J connectivity index is 1.92. The van der Waals surface area contributed by atoms with Gasteiger partial charge in [0.05, 0.1) is 7.11 Å². The minimum Gasteiger partial charge on any atom is -0.494 e. The maximum atomic E-state index is 14.0. The molecule has 3 rings (SSSR count). The van der Waals surface area contributed by atoms with Crippen LogP contribution in [-0.2, 0) is 9.53 Å². The number of carbonyl (C=O) groups is 2. The van der Waals surface area contributed by atoms with E-state index in [1.807, 2.05) is 0 Å². The molecule has 2 aliphatic heterocycles. The van der Waals surface area contributed by atoms with Gasteiger partial charge in [-0.1, -0.05) is 0 Å². The van der Waals surface area contributed by atoms with Crippen LogP contribution in [0.25, 0.3) is 0 Å². The van der Waals surface area contributed by atoms with E-state index >= 15 is 0 Å². The zero-order valence-electron chi connectivity index (χ0n) is 14.3. The maximum absolute atomic E-state index is 14.0. The van der Waals surface area contributed by atoms with Crippen LogP contribution in [-0.4, -0.2) is 49.6 Å². The largest absolute Gasteiger partial charge is 0.494 e. The van der Waals surface area contributed by atoms with Crippen molar-refractivity contribution in [2.45, 2.75) is 31.7 Å². The predicted octanol–water partition coefficient (Wildman–Crippen LogP) is 1.72. The molecule has 1 aromatic carbocycles. The molecule has 2 amide bonds. The number of benzene rings is 1. The van der Waals surface area contributed by atoms with E-state index in [1.165, 1.54) is 24.1 Å². The molecule has 136 valence electrons. The number of primary amides is 1. The van der Waals surface area contributed by atoms with Crippen molar-refractivity contribution in [3.05, 3.63) is 29.6 Å². The minimum atomic E-state index is -0.692. The molecule has 1 atom stereocenters. The molecular formula is C18H23FN2O4. The quantitative estimate of drug-likeness (QED) is 0.900. The van der Waals surface area contributed by atoms with Crippen molar-refractivity contribution in [2.75, 3.05) is 26.9 Å². The molecule has 2 aliphatic rings. The molecule has 6 nitrogen and oxygen atoms in total. The Bertz CT molecular complexity index is 668. The van der Waals surface area contributed by atoms with Crippen LogP contribution in [0.5, 0.6) is 5.75 Å². The van der Waals surface area contributed by atoms with Crippen molar-refractivity contribution >= 4 is 11.8 Å². The minimum absolute atomic E-state index is 0.0718. The van der Waals surface area contributed by atoms with Crippen molar-refractivity contribution in [1.29, 1.82) is 0 Å². The van der Waals surface area contributed by atoms with E-state index in [-0.39, 0.29) is 22.6 Å². The summed E-state index contributed by atoms with van der Waals surface area (Å²) >= 11 is 0. The van der Waals surface area contributed by atoms with Crippen molar-refractivity contribution in [3.63, 3.8) is 0 Å². The molecular weight excluding hydrogens is 327 g/mol. The first-order valence-corrected chi connectivity index (χ1v) is 8.50. The fraction of sp³-hybridized carbons (Fsp3) is 0.556. The normalized spacial score (nSPS) is 22.6. The molecule has 0 aromatic heterocycles. The van der Waals surface area contributed by atoms with E-state index in [0.29, 0.717) is 32.6 Å². The number of methoxy groups -OCH3 is 1. The summed E-state index contributed by atoms with van der Waals surface area (Å²) in [7, 11) is 1.36. The summed E-state index contributed by atoms with van der Waals surface area (Å²) in [5.74, 6) is -1.43. The Kier molecular flexibility index (Phi) is 4.94. The van der Waals surface area contributed by atoms with E-state index in [2.05, 4.69) is 0 Å². The second-order valence-electron chi connectivity index (χ2n) is 6.73. The third kappa shape index (κ3) is 3.20. The molecule has 2 heterocycles. The Hall–Kier alpha value is -2.15. The third-order valence-electron chi connectivity index (χ3n) is 5.38. The third-order valence-corrected chi connectivity index (χ3v) is 5.38. The topological polar surface area (TPSA) is 81.9 Å². The molecule has 0 aliphatic carbocycles. The van der Waals surface area contributed by atoms with Crippen LogP contribution < -0.4 is 10.5 Å². The van der Waals surface area contributed by atoms with Gasteiger partial charge in [0.25, 0.3) is 5.91 Å². The zero-order valence-corrected chi connectivity index (χ0v) is 14.3. The molecule has 2 fully saturated rings. The SMILES string of the molecule is COc1ccc(C(=O)N2CCCC3(CCOCC3)C2C(N)=O)cc1F. The molecule has 2 saturated heterocycles. The highest BCUT2D eigenvalue weighted by Gasteiger charge is 2.50. The van der Waals surface area contributed by atoms with Gasteiger partial charge in [-0.25, -0.2) is 4.39 Å². The summed E-state index contributed by atoms with van der Waals surface area (Å²) in [6.45, 7) is 1.55. The van der Waals surface area contributed by atoms with Gasteiger partial charge in [-0.3, -0.25) is 9.59 Å². The van der Waals surface area contributed by atoms with Gasteiger partial charge in [-0.05, 0) is 43.9 Å². The van der Waals surface area contributed by atoms with Gasteiger partial charge in [0.1, 0.15) is 6.04 Å². The number of nitrogens with zero attached hydrogens (tertiary/aromatic N) is 1. The van der Waals surface area contributed by atoms with Crippen molar-refractivity contribution in [2.24, 2.45) is 11.1 Å². The first kappa shape index (κ1) is 17.7. The highest BCUT2D eigenvalue weighted by Crippen LogP contribution is 2.44.